The van der Waals surface area contributed by atoms with Gasteiger partial charge in [-0.05, 0) is 51.8 Å². The van der Waals surface area contributed by atoms with E-state index < -0.39 is 60.4 Å². The Labute approximate surface area is 364 Å². The number of benzene rings is 4. The first-order chi connectivity index (χ1) is 30.1. The van der Waals surface area contributed by atoms with E-state index in [-0.39, 0.29) is 41.7 Å². The molecule has 3 heterocycles. The van der Waals surface area contributed by atoms with E-state index in [9.17, 15) is 27.2 Å². The minimum Gasteiger partial charge on any atom is -0.463 e. The Balaban J connectivity index is 1.35. The minimum absolute atomic E-state index is 0.0106. The lowest BCUT2D eigenvalue weighted by molar-refractivity contribution is -0.147. The van der Waals surface area contributed by atoms with Gasteiger partial charge in [0.15, 0.2) is 11.4 Å². The molecule has 63 heavy (non-hydrogen) atoms. The maximum absolute atomic E-state index is 15.6. The maximum Gasteiger partial charge on any atom is 0.414 e. The van der Waals surface area contributed by atoms with Crippen LogP contribution in [0.5, 0.6) is 0 Å². The molecule has 4 aromatic carbocycles. The fourth-order valence-electron chi connectivity index (χ4n) is 7.30. The number of amides is 2. The maximum atomic E-state index is 15.6. The number of halogens is 5. The number of nitrogens with zero attached hydrogens (tertiary/aromatic N) is 7. The molecular formula is C45H41ClF4N8O5. The normalized spacial score (nSPS) is 15.7. The van der Waals surface area contributed by atoms with Crippen LogP contribution in [0.3, 0.4) is 0 Å². The number of guanidine groups is 1. The van der Waals surface area contributed by atoms with Crippen molar-refractivity contribution in [2.45, 2.75) is 64.8 Å². The number of nitrogens with one attached hydrogen (secondary N) is 1. The molecule has 1 aliphatic heterocycles. The smallest absolute Gasteiger partial charge is 0.414 e. The van der Waals surface area contributed by atoms with Crippen LogP contribution in [0.1, 0.15) is 74.3 Å². The second kappa shape index (κ2) is 18.6. The molecule has 326 valence electrons. The molecule has 0 radical (unpaired) electrons. The molecule has 0 unspecified atom stereocenters. The fraction of sp³-hybridized carbons (Fsp3) is 0.267. The summed E-state index contributed by atoms with van der Waals surface area (Å²) in [5, 5.41) is 10.4. The Bertz CT molecular complexity index is 2600. The molecule has 2 amide bonds. The molecule has 1 aliphatic rings. The summed E-state index contributed by atoms with van der Waals surface area (Å²) < 4.78 is 67.9. The number of aromatic nitrogens is 5. The summed E-state index contributed by atoms with van der Waals surface area (Å²) in [6, 6.07) is 27.4. The van der Waals surface area contributed by atoms with E-state index >= 15 is 4.79 Å². The Morgan fingerprint density at radius 1 is 0.857 bits per heavy atom. The van der Waals surface area contributed by atoms with Crippen molar-refractivity contribution in [1.82, 2.24) is 34.8 Å². The summed E-state index contributed by atoms with van der Waals surface area (Å²) in [4.78, 5) is 52.6. The van der Waals surface area contributed by atoms with Crippen molar-refractivity contribution in [3.8, 4) is 16.8 Å². The number of hydrogen-bond acceptors (Lipinski definition) is 9. The first-order valence-electron chi connectivity index (χ1n) is 19.6. The number of aliphatic imine (C=N–C) groups is 1. The number of alkyl halides is 4. The third-order valence-electron chi connectivity index (χ3n) is 10.1. The molecule has 0 bridgehead atoms. The van der Waals surface area contributed by atoms with E-state index in [0.717, 1.165) is 11.0 Å². The predicted molar refractivity (Wildman–Crippen MR) is 224 cm³/mol. The van der Waals surface area contributed by atoms with Gasteiger partial charge in [0.1, 0.15) is 19.5 Å². The lowest BCUT2D eigenvalue weighted by Crippen LogP contribution is -2.49. The van der Waals surface area contributed by atoms with Gasteiger partial charge >= 0.3 is 18.6 Å². The van der Waals surface area contributed by atoms with Gasteiger partial charge in [0.2, 0.25) is 5.96 Å². The van der Waals surface area contributed by atoms with E-state index in [2.05, 4.69) is 20.5 Å². The molecule has 7 rings (SSSR count). The monoisotopic (exact) mass is 884 g/mol. The van der Waals surface area contributed by atoms with Gasteiger partial charge in [-0.2, -0.15) is 19.0 Å². The first kappa shape index (κ1) is 44.2. The largest absolute Gasteiger partial charge is 0.463 e. The number of alkyl carbamates (subject to hydrolysis) is 1. The topological polar surface area (TPSA) is 146 Å². The molecule has 0 fully saturated rings. The summed E-state index contributed by atoms with van der Waals surface area (Å²) in [6.07, 6.45) is -0.599. The highest BCUT2D eigenvalue weighted by atomic mass is 35.5. The number of ether oxygens (including phenoxy) is 2. The van der Waals surface area contributed by atoms with Crippen LogP contribution in [0.15, 0.2) is 127 Å². The van der Waals surface area contributed by atoms with Gasteiger partial charge in [0.25, 0.3) is 12.3 Å². The summed E-state index contributed by atoms with van der Waals surface area (Å²) in [7, 11) is 0. The highest BCUT2D eigenvalue weighted by Crippen LogP contribution is 2.46. The van der Waals surface area contributed by atoms with Crippen LogP contribution < -0.4 is 5.32 Å². The summed E-state index contributed by atoms with van der Waals surface area (Å²) in [5.74, 6) is -2.26. The summed E-state index contributed by atoms with van der Waals surface area (Å²) >= 11 is 6.59. The fourth-order valence-corrected chi connectivity index (χ4v) is 7.50. The second-order valence-corrected chi connectivity index (χ2v) is 16.3. The summed E-state index contributed by atoms with van der Waals surface area (Å²) in [6.45, 7) is 2.23. The number of carbonyl (C=O) groups is 3. The Hall–Kier alpha value is -6.88. The van der Waals surface area contributed by atoms with Gasteiger partial charge < -0.3 is 9.47 Å². The molecule has 2 atom stereocenters. The number of carbonyl (C=O) groups excluding carboxylic acids is 3. The van der Waals surface area contributed by atoms with Crippen molar-refractivity contribution in [1.29, 1.82) is 0 Å². The zero-order chi connectivity index (χ0) is 44.9. The lowest BCUT2D eigenvalue weighted by Gasteiger charge is -2.35. The van der Waals surface area contributed by atoms with Crippen LogP contribution in [0.25, 0.3) is 16.8 Å². The van der Waals surface area contributed by atoms with Crippen molar-refractivity contribution in [3.05, 3.63) is 155 Å². The van der Waals surface area contributed by atoms with Crippen LogP contribution in [-0.2, 0) is 37.6 Å². The number of esters is 1. The third-order valence-corrected chi connectivity index (χ3v) is 10.4. The molecule has 2 aromatic heterocycles. The van der Waals surface area contributed by atoms with Crippen LogP contribution >= 0.6 is 11.6 Å². The van der Waals surface area contributed by atoms with Crippen molar-refractivity contribution >= 4 is 35.5 Å². The minimum atomic E-state index is -3.03. The zero-order valence-corrected chi connectivity index (χ0v) is 34.9. The van der Waals surface area contributed by atoms with Gasteiger partial charge in [-0.3, -0.25) is 19.8 Å². The molecule has 0 aliphatic carbocycles. The van der Waals surface area contributed by atoms with Crippen molar-refractivity contribution < 1.29 is 41.4 Å². The van der Waals surface area contributed by atoms with Crippen LogP contribution in [-0.4, -0.2) is 60.0 Å². The quantitative estimate of drug-likeness (QED) is 0.0842. The van der Waals surface area contributed by atoms with Gasteiger partial charge in [-0.25, -0.2) is 32.9 Å². The second-order valence-electron chi connectivity index (χ2n) is 15.9. The summed E-state index contributed by atoms with van der Waals surface area (Å²) in [5.41, 5.74) is 0.518. The number of hydrogen-bond donors (Lipinski definition) is 1. The molecule has 13 nitrogen and oxygen atoms in total. The first-order valence-corrected chi connectivity index (χ1v) is 20.0. The Morgan fingerprint density at radius 2 is 1.54 bits per heavy atom. The number of rotatable bonds is 14. The van der Waals surface area contributed by atoms with Crippen LogP contribution in [0.2, 0.25) is 5.02 Å². The highest BCUT2D eigenvalue weighted by molar-refractivity contribution is 6.32. The average Bonchev–Trinajstić information content (AvgIpc) is 4.01. The molecule has 0 spiro atoms. The van der Waals surface area contributed by atoms with Crippen molar-refractivity contribution in [2.75, 3.05) is 6.61 Å². The molecule has 0 saturated carbocycles. The highest BCUT2D eigenvalue weighted by Gasteiger charge is 2.54. The van der Waals surface area contributed by atoms with Gasteiger partial charge in [0.05, 0.1) is 29.4 Å². The van der Waals surface area contributed by atoms with E-state index in [1.165, 1.54) is 35.5 Å². The van der Waals surface area contributed by atoms with Gasteiger partial charge in [-0.1, -0.05) is 123 Å². The Morgan fingerprint density at radius 3 is 2.17 bits per heavy atom. The SMILES string of the molecule is CC(C)(C)C[C@]1(c2ccc(-c3cnn(C(F)F)c3)cc2)N=C(NC(=O)OCc2ccccc2)N([C@H](COC(=O)Cc2ccccc2)c2ccc(Cl)c(-n3ncnc3C(F)F)c2)C1=O. The van der Waals surface area contributed by atoms with Crippen LogP contribution in [0, 0.1) is 5.41 Å². The lowest BCUT2D eigenvalue weighted by atomic mass is 9.75. The molecule has 0 saturated heterocycles. The van der Waals surface area contributed by atoms with Gasteiger partial charge in [-0.15, -0.1) is 0 Å². The van der Waals surface area contributed by atoms with Crippen molar-refractivity contribution in [2.24, 2.45) is 10.4 Å². The predicted octanol–water partition coefficient (Wildman–Crippen LogP) is 9.40. The van der Waals surface area contributed by atoms with E-state index in [0.29, 0.717) is 32.5 Å². The van der Waals surface area contributed by atoms with E-state index in [4.69, 9.17) is 26.1 Å². The standard InChI is InChI=1S/C45H41ClF4N8O5/c1-44(2,3)26-45(33-17-14-30(15-18-33)32-22-52-56(23-32)41(49)50)40(60)57(42(55-45)54-43(61)63-24-29-12-8-5-9-13-29)36(25-62-37(59)20-28-10-6-4-7-11-28)31-16-19-34(46)35(21-31)58-39(38(47)48)51-27-53-58/h4-19,21-23,27,36,38,41H,20,24-26H2,1-3H3,(H,54,55,61)/t36-,45-/m1/s1. The molecule has 6 aromatic rings. The zero-order valence-electron chi connectivity index (χ0n) is 34.2. The van der Waals surface area contributed by atoms with E-state index in [1.807, 2.05) is 26.8 Å². The molecule has 1 N–H and O–H groups in total. The average molecular weight is 885 g/mol. The van der Waals surface area contributed by atoms with Crippen molar-refractivity contribution in [3.63, 3.8) is 0 Å². The third kappa shape index (κ3) is 10.1. The van der Waals surface area contributed by atoms with Gasteiger partial charge in [0, 0.05) is 11.8 Å². The molecule has 18 heteroatoms. The van der Waals surface area contributed by atoms with E-state index in [1.54, 1.807) is 78.9 Å². The van der Waals surface area contributed by atoms with Crippen LogP contribution in [0.4, 0.5) is 22.4 Å². The molecular weight excluding hydrogens is 844 g/mol. The Kier molecular flexibility index (Phi) is 13.1.